The Hall–Kier alpha value is -3.98. The summed E-state index contributed by atoms with van der Waals surface area (Å²) in [4.78, 5) is 43.4. The highest BCUT2D eigenvalue weighted by molar-refractivity contribution is 7.14. The number of halogens is 2. The van der Waals surface area contributed by atoms with Gasteiger partial charge in [0.2, 0.25) is 0 Å². The molecule has 10 heteroatoms. The first kappa shape index (κ1) is 26.6. The molecule has 2 aromatic heterocycles. The number of carbonyl (C=O) groups is 2. The molecule has 39 heavy (non-hydrogen) atoms. The number of pyridine rings is 1. The van der Waals surface area contributed by atoms with Crippen molar-refractivity contribution in [1.82, 2.24) is 9.55 Å². The number of aryl methyl sites for hydroxylation is 1. The van der Waals surface area contributed by atoms with Crippen LogP contribution in [-0.2, 0) is 16.6 Å². The number of nitrogens with one attached hydrogen (secondary N) is 1. The zero-order chi connectivity index (χ0) is 27.7. The van der Waals surface area contributed by atoms with Gasteiger partial charge < -0.3 is 9.30 Å². The lowest BCUT2D eigenvalue weighted by Gasteiger charge is -2.17. The van der Waals surface area contributed by atoms with Crippen molar-refractivity contribution in [3.8, 4) is 22.4 Å². The molecular weight excluding hydrogens is 557 g/mol. The minimum atomic E-state index is -0.790. The third kappa shape index (κ3) is 5.45. The second-order valence-electron chi connectivity index (χ2n) is 8.79. The Morgan fingerprint density at radius 2 is 1.67 bits per heavy atom. The molecule has 0 bridgehead atoms. The van der Waals surface area contributed by atoms with Gasteiger partial charge in [-0.1, -0.05) is 77.3 Å². The smallest absolute Gasteiger partial charge is 0.356 e. The van der Waals surface area contributed by atoms with Crippen molar-refractivity contribution in [3.05, 3.63) is 104 Å². The predicted molar refractivity (Wildman–Crippen MR) is 156 cm³/mol. The van der Waals surface area contributed by atoms with Crippen LogP contribution in [0.4, 0.5) is 5.13 Å². The van der Waals surface area contributed by atoms with E-state index in [0.29, 0.717) is 37.2 Å². The van der Waals surface area contributed by atoms with Crippen molar-refractivity contribution in [2.75, 3.05) is 11.9 Å². The highest BCUT2D eigenvalue weighted by Crippen LogP contribution is 2.32. The van der Waals surface area contributed by atoms with E-state index in [4.69, 9.17) is 27.9 Å². The van der Waals surface area contributed by atoms with Gasteiger partial charge in [0.1, 0.15) is 5.69 Å². The number of nitrogens with zero attached hydrogens (tertiary/aromatic N) is 2. The molecule has 196 valence electrons. The maximum atomic E-state index is 13.3. The quantitative estimate of drug-likeness (QED) is 0.226. The van der Waals surface area contributed by atoms with E-state index in [9.17, 15) is 14.4 Å². The lowest BCUT2D eigenvalue weighted by molar-refractivity contribution is -0.119. The molecule has 0 saturated carbocycles. The second kappa shape index (κ2) is 11.0. The Labute approximate surface area is 237 Å². The molecule has 0 radical (unpaired) electrons. The van der Waals surface area contributed by atoms with E-state index in [1.54, 1.807) is 41.8 Å². The highest BCUT2D eigenvalue weighted by atomic mass is 35.5. The van der Waals surface area contributed by atoms with Gasteiger partial charge in [-0.15, -0.1) is 11.3 Å². The normalized spacial score (nSPS) is 11.0. The number of carbonyl (C=O) groups excluding carboxylic acids is 2. The van der Waals surface area contributed by atoms with Crippen molar-refractivity contribution in [1.29, 1.82) is 0 Å². The molecule has 0 aliphatic carbocycles. The van der Waals surface area contributed by atoms with E-state index in [1.807, 2.05) is 37.3 Å². The number of amides is 1. The summed E-state index contributed by atoms with van der Waals surface area (Å²) in [5, 5.41) is 6.66. The Bertz CT molecular complexity index is 1800. The fourth-order valence-electron chi connectivity index (χ4n) is 4.19. The van der Waals surface area contributed by atoms with Crippen LogP contribution in [0, 0.1) is 6.92 Å². The van der Waals surface area contributed by atoms with E-state index in [0.717, 1.165) is 16.7 Å². The molecule has 5 aromatic rings. The van der Waals surface area contributed by atoms with Gasteiger partial charge in [0.25, 0.3) is 11.5 Å². The number of anilines is 1. The van der Waals surface area contributed by atoms with Crippen LogP contribution < -0.4 is 10.9 Å². The standard InChI is InChI=1S/C29H21Cl2N3O4S/c1-16-7-9-17(10-8-16)25-19-5-3-4-6-20(19)27(36)34(2)26(25)28(37)38-14-24(35)33-29-32-23(15-39-29)18-11-12-21(30)22(31)13-18/h3-13,15H,14H2,1-2H3,(H,32,33,35). The number of fused-ring (bicyclic) bond motifs is 1. The second-order valence-corrected chi connectivity index (χ2v) is 10.5. The number of hydrogen-bond acceptors (Lipinski definition) is 6. The van der Waals surface area contributed by atoms with E-state index >= 15 is 0 Å². The minimum absolute atomic E-state index is 0.0616. The molecule has 0 spiro atoms. The number of aromatic nitrogens is 2. The number of benzene rings is 3. The average molecular weight is 578 g/mol. The number of esters is 1. The third-order valence-corrected chi connectivity index (χ3v) is 7.63. The topological polar surface area (TPSA) is 90.3 Å². The molecule has 1 amide bonds. The van der Waals surface area contributed by atoms with Gasteiger partial charge in [-0.2, -0.15) is 0 Å². The van der Waals surface area contributed by atoms with Gasteiger partial charge in [-0.05, 0) is 36.1 Å². The fraction of sp³-hybridized carbons (Fsp3) is 0.103. The lowest BCUT2D eigenvalue weighted by Crippen LogP contribution is -2.28. The van der Waals surface area contributed by atoms with Crippen LogP contribution in [0.5, 0.6) is 0 Å². The van der Waals surface area contributed by atoms with Crippen LogP contribution in [0.2, 0.25) is 10.0 Å². The number of thiazole rings is 1. The van der Waals surface area contributed by atoms with Crippen molar-refractivity contribution >= 4 is 62.3 Å². The van der Waals surface area contributed by atoms with Gasteiger partial charge in [0.05, 0.1) is 15.7 Å². The van der Waals surface area contributed by atoms with Crippen LogP contribution >= 0.6 is 34.5 Å². The van der Waals surface area contributed by atoms with Crippen LogP contribution in [0.3, 0.4) is 0 Å². The zero-order valence-corrected chi connectivity index (χ0v) is 23.2. The van der Waals surface area contributed by atoms with Gasteiger partial charge in [-0.3, -0.25) is 14.9 Å². The van der Waals surface area contributed by atoms with Crippen LogP contribution in [-0.4, -0.2) is 28.0 Å². The van der Waals surface area contributed by atoms with Crippen molar-refractivity contribution in [3.63, 3.8) is 0 Å². The molecule has 0 unspecified atom stereocenters. The fourth-order valence-corrected chi connectivity index (χ4v) is 5.22. The van der Waals surface area contributed by atoms with Crippen molar-refractivity contribution in [2.45, 2.75) is 6.92 Å². The Morgan fingerprint density at radius 3 is 2.38 bits per heavy atom. The van der Waals surface area contributed by atoms with Gasteiger partial charge in [-0.25, -0.2) is 9.78 Å². The number of ether oxygens (including phenoxy) is 1. The molecule has 0 fully saturated rings. The monoisotopic (exact) mass is 577 g/mol. The molecule has 5 rings (SSSR count). The number of hydrogen-bond donors (Lipinski definition) is 1. The summed E-state index contributed by atoms with van der Waals surface area (Å²) in [6.07, 6.45) is 0. The average Bonchev–Trinajstić information content (AvgIpc) is 3.39. The van der Waals surface area contributed by atoms with Crippen LogP contribution in [0.1, 0.15) is 16.1 Å². The summed E-state index contributed by atoms with van der Waals surface area (Å²) in [6, 6.07) is 19.9. The SMILES string of the molecule is Cc1ccc(-c2c(C(=O)OCC(=O)Nc3nc(-c4ccc(Cl)c(Cl)c4)cs3)n(C)c(=O)c3ccccc23)cc1. The summed E-state index contributed by atoms with van der Waals surface area (Å²) >= 11 is 13.3. The van der Waals surface area contributed by atoms with Gasteiger partial charge in [0.15, 0.2) is 11.7 Å². The van der Waals surface area contributed by atoms with Crippen LogP contribution in [0.25, 0.3) is 33.2 Å². The first-order valence-electron chi connectivity index (χ1n) is 11.8. The third-order valence-electron chi connectivity index (χ3n) is 6.14. The molecule has 1 N–H and O–H groups in total. The Morgan fingerprint density at radius 1 is 0.974 bits per heavy atom. The molecule has 0 aliphatic rings. The molecule has 0 atom stereocenters. The van der Waals surface area contributed by atoms with Gasteiger partial charge >= 0.3 is 5.97 Å². The Kier molecular flexibility index (Phi) is 7.52. The maximum Gasteiger partial charge on any atom is 0.356 e. The van der Waals surface area contributed by atoms with Gasteiger partial charge in [0, 0.05) is 28.9 Å². The first-order chi connectivity index (χ1) is 18.7. The zero-order valence-electron chi connectivity index (χ0n) is 20.8. The molecule has 7 nitrogen and oxygen atoms in total. The number of rotatable bonds is 6. The molecule has 3 aromatic carbocycles. The highest BCUT2D eigenvalue weighted by Gasteiger charge is 2.24. The first-order valence-corrected chi connectivity index (χ1v) is 13.4. The molecule has 0 aliphatic heterocycles. The Balaban J connectivity index is 1.38. The summed E-state index contributed by atoms with van der Waals surface area (Å²) in [5.74, 6) is -1.36. The van der Waals surface area contributed by atoms with E-state index in [1.165, 1.54) is 23.0 Å². The maximum absolute atomic E-state index is 13.3. The molecule has 2 heterocycles. The summed E-state index contributed by atoms with van der Waals surface area (Å²) < 4.78 is 6.65. The van der Waals surface area contributed by atoms with E-state index in [2.05, 4.69) is 10.3 Å². The lowest BCUT2D eigenvalue weighted by atomic mass is 9.96. The molecular formula is C29H21Cl2N3O4S. The summed E-state index contributed by atoms with van der Waals surface area (Å²) in [7, 11) is 1.52. The van der Waals surface area contributed by atoms with E-state index in [-0.39, 0.29) is 11.3 Å². The van der Waals surface area contributed by atoms with E-state index < -0.39 is 18.5 Å². The predicted octanol–water partition coefficient (Wildman–Crippen LogP) is 6.74. The van der Waals surface area contributed by atoms with Crippen LogP contribution in [0.15, 0.2) is 76.9 Å². The molecule has 0 saturated heterocycles. The van der Waals surface area contributed by atoms with Crippen molar-refractivity contribution in [2.24, 2.45) is 7.05 Å². The summed E-state index contributed by atoms with van der Waals surface area (Å²) in [6.45, 7) is 1.40. The van der Waals surface area contributed by atoms with Crippen molar-refractivity contribution < 1.29 is 14.3 Å². The largest absolute Gasteiger partial charge is 0.451 e. The minimum Gasteiger partial charge on any atom is -0.451 e. The summed E-state index contributed by atoms with van der Waals surface area (Å²) in [5.41, 5.74) is 3.44.